The average molecular weight is 161 g/mol. The van der Waals surface area contributed by atoms with Crippen molar-refractivity contribution >= 4 is 0 Å². The van der Waals surface area contributed by atoms with Gasteiger partial charge < -0.3 is 5.11 Å². The highest BCUT2D eigenvalue weighted by atomic mass is 16.7. The maximum Gasteiger partial charge on any atom is 0.0812 e. The fraction of sp³-hybridized carbons (Fsp3) is 1.00. The first-order chi connectivity index (χ1) is 4.95. The maximum atomic E-state index is 9.11. The number of nitrogens with one attached hydrogen (secondary N) is 1. The zero-order valence-electron chi connectivity index (χ0n) is 7.85. The van der Waals surface area contributed by atoms with Crippen LogP contribution in [-0.4, -0.2) is 23.4 Å². The van der Waals surface area contributed by atoms with Crippen LogP contribution in [0, 0.1) is 0 Å². The van der Waals surface area contributed by atoms with Crippen LogP contribution >= 0.6 is 0 Å². The third-order valence-corrected chi connectivity index (χ3v) is 1.17. The number of hydrogen-bond acceptors (Lipinski definition) is 3. The van der Waals surface area contributed by atoms with Gasteiger partial charge in [-0.15, -0.1) is 0 Å². The summed E-state index contributed by atoms with van der Waals surface area (Å²) in [6, 6.07) is 0. The Balaban J connectivity index is 3.28. The van der Waals surface area contributed by atoms with E-state index in [0.29, 0.717) is 6.54 Å². The average Bonchev–Trinajstić information content (AvgIpc) is 1.85. The summed E-state index contributed by atoms with van der Waals surface area (Å²) >= 11 is 0. The van der Waals surface area contributed by atoms with Crippen molar-refractivity contribution in [2.45, 2.75) is 45.8 Å². The standard InChI is InChI=1S/C8H19NO2/c1-5-7(10)6-9-11-8(2,3)4/h7,9-10H,5-6H2,1-4H3. The monoisotopic (exact) mass is 161 g/mol. The minimum Gasteiger partial charge on any atom is -0.392 e. The van der Waals surface area contributed by atoms with Crippen LogP contribution in [0.5, 0.6) is 0 Å². The molecule has 1 atom stereocenters. The molecule has 1 unspecified atom stereocenters. The van der Waals surface area contributed by atoms with E-state index < -0.39 is 0 Å². The summed E-state index contributed by atoms with van der Waals surface area (Å²) in [5.74, 6) is 0. The van der Waals surface area contributed by atoms with Gasteiger partial charge in [0.2, 0.25) is 0 Å². The molecule has 0 saturated carbocycles. The highest BCUT2D eigenvalue weighted by molar-refractivity contribution is 4.58. The molecule has 0 heterocycles. The van der Waals surface area contributed by atoms with Crippen LogP contribution in [-0.2, 0) is 4.84 Å². The second-order valence-corrected chi connectivity index (χ2v) is 3.62. The van der Waals surface area contributed by atoms with E-state index in [4.69, 9.17) is 9.94 Å². The van der Waals surface area contributed by atoms with Crippen LogP contribution in [0.2, 0.25) is 0 Å². The summed E-state index contributed by atoms with van der Waals surface area (Å²) in [6.07, 6.45) is 0.442. The smallest absolute Gasteiger partial charge is 0.0812 e. The minimum atomic E-state index is -0.308. The lowest BCUT2D eigenvalue weighted by Crippen LogP contribution is -2.34. The molecule has 0 aromatic carbocycles. The molecule has 0 bridgehead atoms. The Morgan fingerprint density at radius 3 is 2.36 bits per heavy atom. The van der Waals surface area contributed by atoms with Crippen molar-refractivity contribution in [1.29, 1.82) is 0 Å². The summed E-state index contributed by atoms with van der Waals surface area (Å²) in [4.78, 5) is 5.19. The molecule has 0 fully saturated rings. The molecule has 0 aliphatic rings. The molecule has 0 radical (unpaired) electrons. The quantitative estimate of drug-likeness (QED) is 0.606. The molecule has 0 aliphatic heterocycles. The fourth-order valence-electron chi connectivity index (χ4n) is 0.499. The van der Waals surface area contributed by atoms with Crippen LogP contribution in [0.25, 0.3) is 0 Å². The van der Waals surface area contributed by atoms with Gasteiger partial charge >= 0.3 is 0 Å². The SMILES string of the molecule is CCC(O)CNOC(C)(C)C. The first-order valence-corrected chi connectivity index (χ1v) is 4.04. The van der Waals surface area contributed by atoms with E-state index in [0.717, 1.165) is 6.42 Å². The third-order valence-electron chi connectivity index (χ3n) is 1.17. The third kappa shape index (κ3) is 7.78. The lowest BCUT2D eigenvalue weighted by atomic mass is 10.2. The van der Waals surface area contributed by atoms with E-state index in [1.54, 1.807) is 0 Å². The molecular formula is C8H19NO2. The van der Waals surface area contributed by atoms with Crippen molar-refractivity contribution in [3.63, 3.8) is 0 Å². The maximum absolute atomic E-state index is 9.11. The highest BCUT2D eigenvalue weighted by Crippen LogP contribution is 2.03. The second kappa shape index (κ2) is 4.70. The number of aliphatic hydroxyl groups is 1. The van der Waals surface area contributed by atoms with Crippen molar-refractivity contribution in [2.24, 2.45) is 0 Å². The van der Waals surface area contributed by atoms with Gasteiger partial charge in [0.1, 0.15) is 0 Å². The number of rotatable bonds is 4. The Morgan fingerprint density at radius 2 is 2.00 bits per heavy atom. The Hall–Kier alpha value is -0.120. The van der Waals surface area contributed by atoms with Gasteiger partial charge in [0, 0.05) is 6.54 Å². The van der Waals surface area contributed by atoms with Gasteiger partial charge in [-0.2, -0.15) is 5.48 Å². The molecule has 68 valence electrons. The van der Waals surface area contributed by atoms with E-state index in [1.807, 2.05) is 27.7 Å². The Kier molecular flexibility index (Phi) is 4.65. The lowest BCUT2D eigenvalue weighted by molar-refractivity contribution is -0.0832. The van der Waals surface area contributed by atoms with E-state index in [-0.39, 0.29) is 11.7 Å². The first-order valence-electron chi connectivity index (χ1n) is 4.04. The molecule has 0 rings (SSSR count). The number of hydroxylamine groups is 1. The van der Waals surface area contributed by atoms with Crippen molar-refractivity contribution in [2.75, 3.05) is 6.54 Å². The zero-order chi connectivity index (χ0) is 8.91. The molecule has 0 saturated heterocycles. The lowest BCUT2D eigenvalue weighted by Gasteiger charge is -2.20. The Morgan fingerprint density at radius 1 is 1.45 bits per heavy atom. The zero-order valence-corrected chi connectivity index (χ0v) is 7.85. The van der Waals surface area contributed by atoms with Crippen molar-refractivity contribution in [1.82, 2.24) is 5.48 Å². The van der Waals surface area contributed by atoms with Gasteiger partial charge in [0.05, 0.1) is 11.7 Å². The van der Waals surface area contributed by atoms with Crippen LogP contribution in [0.1, 0.15) is 34.1 Å². The van der Waals surface area contributed by atoms with Crippen molar-refractivity contribution in [3.05, 3.63) is 0 Å². The van der Waals surface area contributed by atoms with Gasteiger partial charge in [-0.1, -0.05) is 6.92 Å². The minimum absolute atomic E-state index is 0.187. The van der Waals surface area contributed by atoms with Crippen LogP contribution < -0.4 is 5.48 Å². The van der Waals surface area contributed by atoms with Gasteiger partial charge in [0.25, 0.3) is 0 Å². The fourth-order valence-corrected chi connectivity index (χ4v) is 0.499. The summed E-state index contributed by atoms with van der Waals surface area (Å²) < 4.78 is 0. The van der Waals surface area contributed by atoms with Gasteiger partial charge in [-0.25, -0.2) is 0 Å². The molecule has 0 aliphatic carbocycles. The summed E-state index contributed by atoms with van der Waals surface area (Å²) in [5.41, 5.74) is 2.54. The number of aliphatic hydroxyl groups excluding tert-OH is 1. The van der Waals surface area contributed by atoms with E-state index in [2.05, 4.69) is 5.48 Å². The predicted molar refractivity (Wildman–Crippen MR) is 45.1 cm³/mol. The molecule has 0 amide bonds. The molecule has 2 N–H and O–H groups in total. The first kappa shape index (κ1) is 10.9. The molecule has 3 heteroatoms. The molecule has 11 heavy (non-hydrogen) atoms. The molecule has 0 spiro atoms. The largest absolute Gasteiger partial charge is 0.392 e. The van der Waals surface area contributed by atoms with Crippen molar-refractivity contribution in [3.8, 4) is 0 Å². The predicted octanol–water partition coefficient (Wildman–Crippen LogP) is 1.08. The summed E-state index contributed by atoms with van der Waals surface area (Å²) in [7, 11) is 0. The Labute approximate surface area is 68.7 Å². The van der Waals surface area contributed by atoms with Crippen molar-refractivity contribution < 1.29 is 9.94 Å². The van der Waals surface area contributed by atoms with Gasteiger partial charge in [0.15, 0.2) is 0 Å². The molecular weight excluding hydrogens is 142 g/mol. The van der Waals surface area contributed by atoms with Gasteiger partial charge in [-0.05, 0) is 27.2 Å². The molecule has 0 aromatic heterocycles. The molecule has 0 aromatic rings. The normalized spacial score (nSPS) is 15.0. The summed E-state index contributed by atoms with van der Waals surface area (Å²) in [5, 5.41) is 9.11. The van der Waals surface area contributed by atoms with Crippen LogP contribution in [0.15, 0.2) is 0 Å². The van der Waals surface area contributed by atoms with E-state index >= 15 is 0 Å². The van der Waals surface area contributed by atoms with Crippen LogP contribution in [0.3, 0.4) is 0 Å². The number of hydrogen-bond donors (Lipinski definition) is 2. The highest BCUT2D eigenvalue weighted by Gasteiger charge is 2.10. The Bertz CT molecular complexity index is 98.8. The van der Waals surface area contributed by atoms with Gasteiger partial charge in [-0.3, -0.25) is 4.84 Å². The topological polar surface area (TPSA) is 41.5 Å². The van der Waals surface area contributed by atoms with E-state index in [9.17, 15) is 0 Å². The molecule has 3 nitrogen and oxygen atoms in total. The second-order valence-electron chi connectivity index (χ2n) is 3.62. The summed E-state index contributed by atoms with van der Waals surface area (Å²) in [6.45, 7) is 8.30. The van der Waals surface area contributed by atoms with Crippen LogP contribution in [0.4, 0.5) is 0 Å². The van der Waals surface area contributed by atoms with E-state index in [1.165, 1.54) is 0 Å².